The average molecular weight is 205 g/mol. The second kappa shape index (κ2) is 4.17. The third kappa shape index (κ3) is 1.71. The molecule has 2 fully saturated rings. The van der Waals surface area contributed by atoms with Crippen molar-refractivity contribution in [2.45, 2.75) is 32.1 Å². The largest absolute Gasteiger partial charge is 0.266 e. The maximum absolute atomic E-state index is 4.62. The molecule has 0 bridgehead atoms. The number of hydrazone groups is 1. The van der Waals surface area contributed by atoms with Gasteiger partial charge in [-0.05, 0) is 19.3 Å². The highest BCUT2D eigenvalue weighted by molar-refractivity contribution is 5.90. The molecule has 2 rings (SSSR count). The van der Waals surface area contributed by atoms with E-state index in [1.165, 1.54) is 32.1 Å². The van der Waals surface area contributed by atoms with Crippen LogP contribution in [0.2, 0.25) is 0 Å². The molecule has 0 aromatic heterocycles. The minimum Gasteiger partial charge on any atom is -0.266 e. The quantitative estimate of drug-likeness (QED) is 0.514. The Labute approximate surface area is 91.6 Å². The first-order chi connectivity index (χ1) is 7.32. The molecule has 0 N–H and O–H groups in total. The van der Waals surface area contributed by atoms with Crippen LogP contribution in [0.3, 0.4) is 0 Å². The van der Waals surface area contributed by atoms with Crippen LogP contribution in [-0.2, 0) is 0 Å². The second-order valence-electron chi connectivity index (χ2n) is 4.45. The molecular formula is C12H19N3. The Bertz CT molecular complexity index is 287. The Kier molecular flexibility index (Phi) is 2.89. The van der Waals surface area contributed by atoms with Gasteiger partial charge in [-0.2, -0.15) is 5.10 Å². The van der Waals surface area contributed by atoms with Crippen LogP contribution >= 0.6 is 0 Å². The minimum absolute atomic E-state index is 0.324. The first kappa shape index (κ1) is 10.4. The topological polar surface area (TPSA) is 28.0 Å². The number of amidine groups is 1. The zero-order valence-corrected chi connectivity index (χ0v) is 9.28. The second-order valence-corrected chi connectivity index (χ2v) is 4.45. The lowest BCUT2D eigenvalue weighted by atomic mass is 9.84. The zero-order valence-electron chi connectivity index (χ0n) is 9.28. The molecule has 0 atom stereocenters. The van der Waals surface area contributed by atoms with E-state index in [2.05, 4.69) is 23.4 Å². The molecule has 15 heavy (non-hydrogen) atoms. The summed E-state index contributed by atoms with van der Waals surface area (Å²) < 4.78 is 0. The van der Waals surface area contributed by atoms with E-state index < -0.39 is 0 Å². The van der Waals surface area contributed by atoms with Crippen molar-refractivity contribution in [3.8, 4) is 0 Å². The van der Waals surface area contributed by atoms with E-state index in [0.29, 0.717) is 12.0 Å². The van der Waals surface area contributed by atoms with Crippen molar-refractivity contribution in [1.29, 1.82) is 0 Å². The molecular weight excluding hydrogens is 186 g/mol. The monoisotopic (exact) mass is 205 g/mol. The SMILES string of the molecule is C=CC/N=C1\N(N=C)CCC12CCCC2. The van der Waals surface area contributed by atoms with Gasteiger partial charge in [0.25, 0.3) is 0 Å². The number of hydrogen-bond donors (Lipinski definition) is 0. The van der Waals surface area contributed by atoms with Crippen LogP contribution in [-0.4, -0.2) is 30.7 Å². The van der Waals surface area contributed by atoms with Crippen molar-refractivity contribution in [2.24, 2.45) is 15.5 Å². The summed E-state index contributed by atoms with van der Waals surface area (Å²) in [6.07, 6.45) is 8.25. The molecule has 1 spiro atoms. The van der Waals surface area contributed by atoms with Gasteiger partial charge in [0, 0.05) is 18.7 Å². The van der Waals surface area contributed by atoms with Gasteiger partial charge in [0.2, 0.25) is 0 Å². The molecule has 1 aliphatic heterocycles. The number of rotatable bonds is 3. The van der Waals surface area contributed by atoms with Crippen LogP contribution in [0.1, 0.15) is 32.1 Å². The van der Waals surface area contributed by atoms with Crippen LogP contribution in [0.25, 0.3) is 0 Å². The van der Waals surface area contributed by atoms with Gasteiger partial charge in [-0.1, -0.05) is 18.9 Å². The van der Waals surface area contributed by atoms with Gasteiger partial charge in [-0.3, -0.25) is 10.0 Å². The molecule has 0 aromatic rings. The van der Waals surface area contributed by atoms with Gasteiger partial charge in [-0.25, -0.2) is 0 Å². The van der Waals surface area contributed by atoms with Crippen molar-refractivity contribution >= 4 is 12.6 Å². The maximum atomic E-state index is 4.62. The van der Waals surface area contributed by atoms with Crippen LogP contribution < -0.4 is 0 Å². The molecule has 0 unspecified atom stereocenters. The minimum atomic E-state index is 0.324. The van der Waals surface area contributed by atoms with E-state index in [1.807, 2.05) is 11.1 Å². The van der Waals surface area contributed by atoms with E-state index in [-0.39, 0.29) is 0 Å². The average Bonchev–Trinajstić information content (AvgIpc) is 2.85. The summed E-state index contributed by atoms with van der Waals surface area (Å²) >= 11 is 0. The summed E-state index contributed by atoms with van der Waals surface area (Å²) in [6, 6.07) is 0. The normalized spacial score (nSPS) is 26.4. The Morgan fingerprint density at radius 1 is 1.33 bits per heavy atom. The zero-order chi connectivity index (χ0) is 10.7. The molecule has 1 heterocycles. The molecule has 3 nitrogen and oxygen atoms in total. The maximum Gasteiger partial charge on any atom is 0.126 e. The Morgan fingerprint density at radius 2 is 2.07 bits per heavy atom. The first-order valence-corrected chi connectivity index (χ1v) is 5.72. The smallest absolute Gasteiger partial charge is 0.126 e. The van der Waals surface area contributed by atoms with Crippen LogP contribution in [0.15, 0.2) is 22.7 Å². The first-order valence-electron chi connectivity index (χ1n) is 5.72. The third-order valence-electron chi connectivity index (χ3n) is 3.62. The fourth-order valence-corrected chi connectivity index (χ4v) is 2.87. The van der Waals surface area contributed by atoms with E-state index in [9.17, 15) is 0 Å². The molecule has 1 saturated heterocycles. The molecule has 2 aliphatic rings. The molecule has 1 aliphatic carbocycles. The lowest BCUT2D eigenvalue weighted by Gasteiger charge is -2.24. The molecule has 0 amide bonds. The number of aliphatic imine (C=N–C) groups is 1. The Morgan fingerprint density at radius 3 is 2.67 bits per heavy atom. The fraction of sp³-hybridized carbons (Fsp3) is 0.667. The highest BCUT2D eigenvalue weighted by Gasteiger charge is 2.45. The van der Waals surface area contributed by atoms with Gasteiger partial charge >= 0.3 is 0 Å². The van der Waals surface area contributed by atoms with Crippen LogP contribution in [0, 0.1) is 5.41 Å². The lowest BCUT2D eigenvalue weighted by Crippen LogP contribution is -2.30. The molecule has 0 radical (unpaired) electrons. The highest BCUT2D eigenvalue weighted by atomic mass is 15.5. The highest BCUT2D eigenvalue weighted by Crippen LogP contribution is 2.47. The van der Waals surface area contributed by atoms with Gasteiger partial charge < -0.3 is 0 Å². The van der Waals surface area contributed by atoms with Crippen molar-refractivity contribution in [3.63, 3.8) is 0 Å². The Hall–Kier alpha value is -1.12. The van der Waals surface area contributed by atoms with Crippen LogP contribution in [0.4, 0.5) is 0 Å². The van der Waals surface area contributed by atoms with Gasteiger partial charge in [0.05, 0.1) is 6.54 Å². The van der Waals surface area contributed by atoms with Gasteiger partial charge in [0.15, 0.2) is 0 Å². The van der Waals surface area contributed by atoms with Crippen molar-refractivity contribution < 1.29 is 0 Å². The predicted octanol–water partition coefficient (Wildman–Crippen LogP) is 2.45. The predicted molar refractivity (Wildman–Crippen MR) is 64.3 cm³/mol. The molecule has 3 heteroatoms. The summed E-state index contributed by atoms with van der Waals surface area (Å²) in [5.41, 5.74) is 0.324. The summed E-state index contributed by atoms with van der Waals surface area (Å²) in [5, 5.41) is 6.04. The van der Waals surface area contributed by atoms with E-state index in [0.717, 1.165) is 12.4 Å². The molecule has 0 aromatic carbocycles. The van der Waals surface area contributed by atoms with Crippen LogP contribution in [0.5, 0.6) is 0 Å². The standard InChI is InChI=1S/C12H19N3/c1-3-9-14-11-12(6-4-5-7-12)8-10-15(11)13-2/h3H,1-2,4-10H2/b14-11-. The molecule has 1 saturated carbocycles. The van der Waals surface area contributed by atoms with E-state index >= 15 is 0 Å². The number of nitrogens with zero attached hydrogens (tertiary/aromatic N) is 3. The Balaban J connectivity index is 2.24. The van der Waals surface area contributed by atoms with E-state index in [4.69, 9.17) is 0 Å². The van der Waals surface area contributed by atoms with Crippen molar-refractivity contribution in [1.82, 2.24) is 5.01 Å². The summed E-state index contributed by atoms with van der Waals surface area (Å²) in [6.45, 7) is 9.02. The summed E-state index contributed by atoms with van der Waals surface area (Å²) in [4.78, 5) is 4.62. The van der Waals surface area contributed by atoms with Crippen molar-refractivity contribution in [3.05, 3.63) is 12.7 Å². The number of hydrogen-bond acceptors (Lipinski definition) is 2. The van der Waals surface area contributed by atoms with Crippen molar-refractivity contribution in [2.75, 3.05) is 13.1 Å². The van der Waals surface area contributed by atoms with E-state index in [1.54, 1.807) is 0 Å². The summed E-state index contributed by atoms with van der Waals surface area (Å²) in [5.74, 6) is 1.16. The summed E-state index contributed by atoms with van der Waals surface area (Å²) in [7, 11) is 0. The van der Waals surface area contributed by atoms with Gasteiger partial charge in [-0.15, -0.1) is 6.58 Å². The van der Waals surface area contributed by atoms with Gasteiger partial charge in [0.1, 0.15) is 5.84 Å². The molecule has 82 valence electrons. The third-order valence-corrected chi connectivity index (χ3v) is 3.62. The fourth-order valence-electron chi connectivity index (χ4n) is 2.87. The lowest BCUT2D eigenvalue weighted by molar-refractivity contribution is 0.434.